The first-order valence-corrected chi connectivity index (χ1v) is 5.45. The topological polar surface area (TPSA) is 95.2 Å². The number of oxazole rings is 1. The van der Waals surface area contributed by atoms with Crippen molar-refractivity contribution in [3.63, 3.8) is 0 Å². The predicted octanol–water partition coefficient (Wildman–Crippen LogP) is 2.58. The first kappa shape index (κ1) is 12.3. The molecule has 0 bridgehead atoms. The van der Waals surface area contributed by atoms with Gasteiger partial charge >= 0.3 is 0 Å². The number of rotatable bonds is 3. The first-order chi connectivity index (χ1) is 8.49. The second-order valence-corrected chi connectivity index (χ2v) is 4.13. The zero-order valence-corrected chi connectivity index (χ0v) is 10.1. The van der Waals surface area contributed by atoms with E-state index in [0.29, 0.717) is 17.2 Å². The van der Waals surface area contributed by atoms with Crippen molar-refractivity contribution in [3.05, 3.63) is 46.0 Å². The van der Waals surface area contributed by atoms with E-state index in [4.69, 9.17) is 10.2 Å². The largest absolute Gasteiger partial charge is 0.439 e. The Balaban J connectivity index is 2.54. The fraction of sp³-hybridized carbons (Fsp3) is 0.250. The number of hydrogen-bond acceptors (Lipinski definition) is 5. The van der Waals surface area contributed by atoms with E-state index in [9.17, 15) is 10.1 Å². The Hall–Kier alpha value is -2.21. The van der Waals surface area contributed by atoms with Crippen LogP contribution in [0.2, 0.25) is 0 Å². The Morgan fingerprint density at radius 1 is 1.50 bits per heavy atom. The van der Waals surface area contributed by atoms with E-state index >= 15 is 0 Å². The van der Waals surface area contributed by atoms with Crippen LogP contribution in [-0.4, -0.2) is 9.91 Å². The molecule has 1 aromatic carbocycles. The molecule has 6 heteroatoms. The second-order valence-electron chi connectivity index (χ2n) is 4.13. The van der Waals surface area contributed by atoms with E-state index in [1.807, 2.05) is 6.92 Å². The minimum Gasteiger partial charge on any atom is -0.439 e. The fourth-order valence-electron chi connectivity index (χ4n) is 1.63. The number of benzene rings is 1. The van der Waals surface area contributed by atoms with E-state index < -0.39 is 4.92 Å². The molecule has 0 spiro atoms. The highest BCUT2D eigenvalue weighted by Gasteiger charge is 2.19. The minimum atomic E-state index is -0.442. The smallest absolute Gasteiger partial charge is 0.280 e. The van der Waals surface area contributed by atoms with Gasteiger partial charge in [-0.2, -0.15) is 0 Å². The molecular formula is C12H13N3O3. The Labute approximate surface area is 104 Å². The van der Waals surface area contributed by atoms with Crippen LogP contribution in [0, 0.1) is 17.0 Å². The average molecular weight is 247 g/mol. The highest BCUT2D eigenvalue weighted by Crippen LogP contribution is 2.31. The van der Waals surface area contributed by atoms with E-state index in [2.05, 4.69) is 4.98 Å². The summed E-state index contributed by atoms with van der Waals surface area (Å²) in [5.41, 5.74) is 6.96. The molecule has 2 N–H and O–H groups in total. The molecule has 2 rings (SSSR count). The number of nitrogens with zero attached hydrogens (tertiary/aromatic N) is 2. The molecule has 1 heterocycles. The number of nitro groups is 1. The van der Waals surface area contributed by atoms with Crippen LogP contribution in [0.25, 0.3) is 11.3 Å². The molecule has 0 fully saturated rings. The molecule has 18 heavy (non-hydrogen) atoms. The third kappa shape index (κ3) is 2.23. The molecule has 1 unspecified atom stereocenters. The van der Waals surface area contributed by atoms with Gasteiger partial charge in [0, 0.05) is 6.07 Å². The maximum absolute atomic E-state index is 11.0. The zero-order chi connectivity index (χ0) is 13.3. The van der Waals surface area contributed by atoms with Gasteiger partial charge in [0.1, 0.15) is 0 Å². The number of aromatic nitrogens is 1. The van der Waals surface area contributed by atoms with Gasteiger partial charge in [0.25, 0.3) is 5.69 Å². The lowest BCUT2D eigenvalue weighted by molar-refractivity contribution is -0.384. The Kier molecular flexibility index (Phi) is 3.12. The average Bonchev–Trinajstić information content (AvgIpc) is 2.77. The molecule has 0 amide bonds. The number of nitro benzene ring substituents is 1. The normalized spacial score (nSPS) is 12.4. The SMILES string of the molecule is Cc1ccc([N+](=O)[O-])c(-c2cnc(C(C)N)o2)c1. The van der Waals surface area contributed by atoms with Crippen molar-refractivity contribution in [3.8, 4) is 11.3 Å². The summed E-state index contributed by atoms with van der Waals surface area (Å²) < 4.78 is 5.44. The second kappa shape index (κ2) is 4.58. The lowest BCUT2D eigenvalue weighted by atomic mass is 10.1. The van der Waals surface area contributed by atoms with Crippen molar-refractivity contribution in [1.29, 1.82) is 0 Å². The quantitative estimate of drug-likeness (QED) is 0.664. The van der Waals surface area contributed by atoms with Gasteiger partial charge in [-0.1, -0.05) is 6.07 Å². The molecule has 0 saturated heterocycles. The van der Waals surface area contributed by atoms with Gasteiger partial charge < -0.3 is 10.2 Å². The molecule has 0 radical (unpaired) electrons. The maximum Gasteiger partial charge on any atom is 0.280 e. The number of aryl methyl sites for hydroxylation is 1. The third-order valence-corrected chi connectivity index (χ3v) is 2.53. The molecule has 0 saturated carbocycles. The van der Waals surface area contributed by atoms with Gasteiger partial charge in [0.05, 0.1) is 22.7 Å². The summed E-state index contributed by atoms with van der Waals surface area (Å²) in [6.07, 6.45) is 1.46. The number of nitrogens with two attached hydrogens (primary N) is 1. The lowest BCUT2D eigenvalue weighted by Gasteiger charge is -2.01. The van der Waals surface area contributed by atoms with Crippen LogP contribution in [-0.2, 0) is 0 Å². The summed E-state index contributed by atoms with van der Waals surface area (Å²) in [7, 11) is 0. The molecule has 1 atom stereocenters. The molecule has 0 aliphatic carbocycles. The van der Waals surface area contributed by atoms with Crippen molar-refractivity contribution < 1.29 is 9.34 Å². The standard InChI is InChI=1S/C12H13N3O3/c1-7-3-4-10(15(16)17)9(5-7)11-6-14-12(18-11)8(2)13/h3-6,8H,13H2,1-2H3. The highest BCUT2D eigenvalue weighted by atomic mass is 16.6. The molecule has 0 aliphatic heterocycles. The van der Waals surface area contributed by atoms with Crippen molar-refractivity contribution >= 4 is 5.69 Å². The van der Waals surface area contributed by atoms with Gasteiger partial charge in [-0.05, 0) is 25.5 Å². The van der Waals surface area contributed by atoms with Crippen molar-refractivity contribution in [1.82, 2.24) is 4.98 Å². The Morgan fingerprint density at radius 2 is 2.22 bits per heavy atom. The minimum absolute atomic E-state index is 0.00651. The maximum atomic E-state index is 11.0. The van der Waals surface area contributed by atoms with Crippen LogP contribution >= 0.6 is 0 Å². The first-order valence-electron chi connectivity index (χ1n) is 5.45. The van der Waals surface area contributed by atoms with Gasteiger partial charge in [-0.25, -0.2) is 4.98 Å². The van der Waals surface area contributed by atoms with Crippen LogP contribution in [0.4, 0.5) is 5.69 Å². The molecule has 2 aromatic rings. The summed E-state index contributed by atoms with van der Waals surface area (Å²) in [5, 5.41) is 11.0. The van der Waals surface area contributed by atoms with Crippen molar-refractivity contribution in [2.75, 3.05) is 0 Å². The van der Waals surface area contributed by atoms with E-state index in [-0.39, 0.29) is 11.7 Å². The summed E-state index contributed by atoms with van der Waals surface area (Å²) >= 11 is 0. The van der Waals surface area contributed by atoms with E-state index in [1.165, 1.54) is 12.3 Å². The Morgan fingerprint density at radius 3 is 2.78 bits per heavy atom. The number of hydrogen-bond donors (Lipinski definition) is 1. The highest BCUT2D eigenvalue weighted by molar-refractivity contribution is 5.69. The molecule has 6 nitrogen and oxygen atoms in total. The van der Waals surface area contributed by atoms with Crippen LogP contribution in [0.5, 0.6) is 0 Å². The third-order valence-electron chi connectivity index (χ3n) is 2.53. The molecule has 94 valence electrons. The summed E-state index contributed by atoms with van der Waals surface area (Å²) in [5.74, 6) is 0.721. The van der Waals surface area contributed by atoms with E-state index in [0.717, 1.165) is 5.56 Å². The van der Waals surface area contributed by atoms with Gasteiger partial charge in [0.2, 0.25) is 5.89 Å². The summed E-state index contributed by atoms with van der Waals surface area (Å²) in [6, 6.07) is 4.50. The van der Waals surface area contributed by atoms with Crippen LogP contribution in [0.15, 0.2) is 28.8 Å². The van der Waals surface area contributed by atoms with Crippen molar-refractivity contribution in [2.45, 2.75) is 19.9 Å². The monoisotopic (exact) mass is 247 g/mol. The van der Waals surface area contributed by atoms with Gasteiger partial charge in [-0.3, -0.25) is 10.1 Å². The van der Waals surface area contributed by atoms with Gasteiger partial charge in [-0.15, -0.1) is 0 Å². The summed E-state index contributed by atoms with van der Waals surface area (Å²) in [4.78, 5) is 14.5. The summed E-state index contributed by atoms with van der Waals surface area (Å²) in [6.45, 7) is 3.59. The fourth-order valence-corrected chi connectivity index (χ4v) is 1.63. The van der Waals surface area contributed by atoms with Gasteiger partial charge in [0.15, 0.2) is 5.76 Å². The van der Waals surface area contributed by atoms with E-state index in [1.54, 1.807) is 19.1 Å². The van der Waals surface area contributed by atoms with Crippen LogP contribution < -0.4 is 5.73 Å². The molecule has 1 aromatic heterocycles. The Bertz CT molecular complexity index is 590. The van der Waals surface area contributed by atoms with Crippen LogP contribution in [0.3, 0.4) is 0 Å². The van der Waals surface area contributed by atoms with Crippen LogP contribution in [0.1, 0.15) is 24.4 Å². The predicted molar refractivity (Wildman–Crippen MR) is 65.9 cm³/mol. The van der Waals surface area contributed by atoms with Crippen molar-refractivity contribution in [2.24, 2.45) is 5.73 Å². The zero-order valence-electron chi connectivity index (χ0n) is 10.1. The lowest BCUT2D eigenvalue weighted by Crippen LogP contribution is -2.04. The molecule has 0 aliphatic rings. The molecular weight excluding hydrogens is 234 g/mol.